The van der Waals surface area contributed by atoms with E-state index in [0.717, 1.165) is 27.8 Å². The molecule has 0 spiro atoms. The average Bonchev–Trinajstić information content (AvgIpc) is 3.67. The maximum Gasteiger partial charge on any atom is 0.148 e. The van der Waals surface area contributed by atoms with Gasteiger partial charge in [0.15, 0.2) is 0 Å². The molecule has 0 radical (unpaired) electrons. The summed E-state index contributed by atoms with van der Waals surface area (Å²) < 4.78 is 101. The van der Waals surface area contributed by atoms with Crippen LogP contribution in [0.5, 0.6) is 5.75 Å². The molecule has 0 unspecified atom stereocenters. The molecule has 0 fully saturated rings. The van der Waals surface area contributed by atoms with Crippen LogP contribution in [0.1, 0.15) is 106 Å². The molecular formula is C56H56N3OPt-. The van der Waals surface area contributed by atoms with Gasteiger partial charge < -0.3 is 5.11 Å². The molecule has 0 aliphatic heterocycles. The number of rotatable bonds is 6. The van der Waals surface area contributed by atoms with Gasteiger partial charge in [-0.3, -0.25) is 9.55 Å². The molecule has 0 atom stereocenters. The second kappa shape index (κ2) is 16.4. The van der Waals surface area contributed by atoms with Crippen molar-refractivity contribution in [2.75, 3.05) is 0 Å². The number of aromatic nitrogens is 3. The fraction of sp³-hybridized carbons (Fsp3) is 0.250. The van der Waals surface area contributed by atoms with Crippen molar-refractivity contribution in [2.45, 2.75) is 92.1 Å². The minimum absolute atomic E-state index is 0. The van der Waals surface area contributed by atoms with Gasteiger partial charge in [-0.05, 0) is 88.2 Å². The largest absolute Gasteiger partial charge is 0.507 e. The van der Waals surface area contributed by atoms with E-state index in [1.54, 1.807) is 30.5 Å². The molecule has 0 saturated heterocycles. The number of pyridine rings is 1. The van der Waals surface area contributed by atoms with Crippen molar-refractivity contribution >= 4 is 11.0 Å². The summed E-state index contributed by atoms with van der Waals surface area (Å²) in [5.74, 6) is 0.534. The van der Waals surface area contributed by atoms with Crippen molar-refractivity contribution in [2.24, 2.45) is 0 Å². The van der Waals surface area contributed by atoms with Crippen molar-refractivity contribution in [1.82, 2.24) is 14.5 Å². The van der Waals surface area contributed by atoms with Crippen LogP contribution in [-0.4, -0.2) is 19.6 Å². The first-order chi connectivity index (χ1) is 33.3. The number of phenols is 1. The molecule has 5 heteroatoms. The molecule has 1 N–H and O–H groups in total. The molecule has 0 amide bonds. The molecule has 0 saturated carbocycles. The Balaban J connectivity index is 0.00000780. The summed E-state index contributed by atoms with van der Waals surface area (Å²) in [7, 11) is 0. The van der Waals surface area contributed by atoms with Gasteiger partial charge in [-0.15, -0.1) is 29.3 Å². The Morgan fingerprint density at radius 2 is 1.33 bits per heavy atom. The fourth-order valence-electron chi connectivity index (χ4n) is 7.80. The number of hydrogen-bond donors (Lipinski definition) is 1. The van der Waals surface area contributed by atoms with Crippen molar-refractivity contribution in [1.29, 1.82) is 0 Å². The van der Waals surface area contributed by atoms with E-state index in [1.165, 1.54) is 24.3 Å². The van der Waals surface area contributed by atoms with Gasteiger partial charge in [0.1, 0.15) is 11.6 Å². The normalized spacial score (nSPS) is 15.9. The van der Waals surface area contributed by atoms with Crippen molar-refractivity contribution < 1.29 is 42.6 Å². The van der Waals surface area contributed by atoms with Gasteiger partial charge in [0.05, 0.1) is 22.3 Å². The summed E-state index contributed by atoms with van der Waals surface area (Å²) in [4.78, 5) is 10.2. The van der Waals surface area contributed by atoms with E-state index in [9.17, 15) is 5.11 Å². The molecule has 2 aromatic heterocycles. The van der Waals surface area contributed by atoms with E-state index in [0.29, 0.717) is 61.6 Å². The maximum atomic E-state index is 12.3. The molecule has 4 nitrogen and oxygen atoms in total. The number of imidazole rings is 1. The number of aromatic hydroxyl groups is 1. The van der Waals surface area contributed by atoms with Gasteiger partial charge in [-0.1, -0.05) is 164 Å². The quantitative estimate of drug-likeness (QED) is 0.169. The summed E-state index contributed by atoms with van der Waals surface area (Å²) in [6, 6.07) is 41.4. The van der Waals surface area contributed by atoms with E-state index < -0.39 is 38.2 Å². The minimum atomic E-state index is -3.39. The molecular weight excluding hydrogens is 926 g/mol. The van der Waals surface area contributed by atoms with E-state index in [2.05, 4.69) is 32.9 Å². The topological polar surface area (TPSA) is 50.9 Å². The Labute approximate surface area is 393 Å². The van der Waals surface area contributed by atoms with E-state index in [-0.39, 0.29) is 43.4 Å². The zero-order valence-corrected chi connectivity index (χ0v) is 37.6. The molecule has 6 aromatic carbocycles. The Kier molecular flexibility index (Phi) is 8.17. The molecule has 0 aliphatic rings. The first kappa shape index (κ1) is 30.5. The molecule has 312 valence electrons. The number of aryl methyl sites for hydroxylation is 2. The fourth-order valence-corrected chi connectivity index (χ4v) is 7.80. The van der Waals surface area contributed by atoms with Crippen LogP contribution in [-0.2, 0) is 37.3 Å². The van der Waals surface area contributed by atoms with Crippen LogP contribution in [0.4, 0.5) is 0 Å². The monoisotopic (exact) mass is 993 g/mol. The van der Waals surface area contributed by atoms with Crippen molar-refractivity contribution in [3.63, 3.8) is 0 Å². The van der Waals surface area contributed by atoms with Gasteiger partial charge in [-0.25, -0.2) is 4.98 Å². The van der Waals surface area contributed by atoms with Crippen LogP contribution in [0, 0.1) is 19.8 Å². The molecule has 2 heterocycles. The van der Waals surface area contributed by atoms with Gasteiger partial charge in [-0.2, -0.15) is 0 Å². The molecule has 0 bridgehead atoms. The number of para-hydroxylation sites is 1. The van der Waals surface area contributed by atoms with Crippen molar-refractivity contribution in [3.05, 3.63) is 167 Å². The zero-order chi connectivity index (χ0) is 52.7. The third kappa shape index (κ3) is 8.66. The van der Waals surface area contributed by atoms with Gasteiger partial charge >= 0.3 is 0 Å². The number of nitrogens with zero attached hydrogens (tertiary/aromatic N) is 3. The SMILES string of the molecule is [2H]C([2H])([2H])c1ccc(-n2c(-c3cc(C)cc(C(C)(C)C)c3O)nc3c(-c4[c-]c(-c5cc(-c6ccc(C(C([2H])([2H])[2H])(C([2H])([2H])[2H])C([2H])([2H])[2H])cc6)ccn5)cc(C(C)(C)C)c4)cccc32)c(-c2ccccc2)c1.[Pt]. The first-order valence-corrected chi connectivity index (χ1v) is 20.0. The van der Waals surface area contributed by atoms with Crippen LogP contribution >= 0.6 is 0 Å². The predicted molar refractivity (Wildman–Crippen MR) is 252 cm³/mol. The Morgan fingerprint density at radius 3 is 2.02 bits per heavy atom. The number of phenolic OH excluding ortho intramolecular Hbond substituents is 1. The maximum absolute atomic E-state index is 12.3. The van der Waals surface area contributed by atoms with E-state index in [4.69, 9.17) is 26.4 Å². The van der Waals surface area contributed by atoms with E-state index in [1.807, 2.05) is 105 Å². The number of fused-ring (bicyclic) bond motifs is 1. The predicted octanol–water partition coefficient (Wildman–Crippen LogP) is 14.8. The molecule has 0 aliphatic carbocycles. The van der Waals surface area contributed by atoms with Crippen LogP contribution in [0.2, 0.25) is 0 Å². The zero-order valence-electron chi connectivity index (χ0n) is 47.3. The van der Waals surface area contributed by atoms with Crippen LogP contribution in [0.3, 0.4) is 0 Å². The van der Waals surface area contributed by atoms with Gasteiger partial charge in [0.25, 0.3) is 0 Å². The van der Waals surface area contributed by atoms with Crippen LogP contribution < -0.4 is 0 Å². The average molecular weight is 994 g/mol. The minimum Gasteiger partial charge on any atom is -0.507 e. The third-order valence-corrected chi connectivity index (χ3v) is 11.0. The van der Waals surface area contributed by atoms with Gasteiger partial charge in [0, 0.05) is 60.5 Å². The molecule has 8 rings (SSSR count). The smallest absolute Gasteiger partial charge is 0.148 e. The summed E-state index contributed by atoms with van der Waals surface area (Å²) in [5, 5.41) is 12.3. The van der Waals surface area contributed by atoms with Crippen LogP contribution in [0.15, 0.2) is 134 Å². The van der Waals surface area contributed by atoms with Gasteiger partial charge in [0.2, 0.25) is 0 Å². The van der Waals surface area contributed by atoms with Crippen molar-refractivity contribution in [3.8, 4) is 67.5 Å². The summed E-state index contributed by atoms with van der Waals surface area (Å²) in [5.41, 5.74) is 6.32. The summed E-state index contributed by atoms with van der Waals surface area (Å²) >= 11 is 0. The number of hydrogen-bond acceptors (Lipinski definition) is 3. The second-order valence-corrected chi connectivity index (χ2v) is 17.7. The first-order valence-electron chi connectivity index (χ1n) is 26.0. The Morgan fingerprint density at radius 1 is 0.607 bits per heavy atom. The Hall–Kier alpha value is -5.57. The Bertz CT molecular complexity index is 3300. The summed E-state index contributed by atoms with van der Waals surface area (Å²) in [6.45, 7) is 1.88. The van der Waals surface area contributed by atoms with E-state index >= 15 is 0 Å². The third-order valence-electron chi connectivity index (χ3n) is 11.0. The summed E-state index contributed by atoms with van der Waals surface area (Å²) in [6.07, 6.45) is 1.63. The molecule has 8 aromatic rings. The number of benzene rings is 6. The standard InChI is InChI=1S/C56H56N3O.Pt/c1-35-20-25-49(45(28-35)38-16-13-12-14-17-38)59-50-19-15-18-44(51(50)58-53(59)46-29-36(2)30-47(52(46)60)56(9,10)11)40-31-41(33-43(32-40)55(6,7)8)48-34-39(26-27-57-48)37-21-23-42(24-22-37)54(3,4)5;/h12-30,32-34,60H,1-11H3;/q-1;/i1D3,3D3,4D3,5D3;. The molecule has 61 heavy (non-hydrogen) atoms. The van der Waals surface area contributed by atoms with Crippen LogP contribution in [0.25, 0.3) is 72.7 Å². The second-order valence-electron chi connectivity index (χ2n) is 17.7.